The summed E-state index contributed by atoms with van der Waals surface area (Å²) in [5, 5.41) is 6.72. The molecule has 0 aliphatic rings. The monoisotopic (exact) mass is 267 g/mol. The van der Waals surface area contributed by atoms with E-state index in [2.05, 4.69) is 26.1 Å². The van der Waals surface area contributed by atoms with Crippen LogP contribution < -0.4 is 10.5 Å². The normalized spacial score (nSPS) is 10.3. The molecule has 5 heteroatoms. The maximum absolute atomic E-state index is 5.75. The van der Waals surface area contributed by atoms with E-state index in [1.165, 1.54) is 0 Å². The minimum atomic E-state index is 0.632. The highest BCUT2D eigenvalue weighted by molar-refractivity contribution is 9.10. The fraction of sp³-hybridized carbons (Fsp3) is 0.100. The molecule has 0 bridgehead atoms. The number of aromatic amines is 1. The van der Waals surface area contributed by atoms with Gasteiger partial charge in [-0.1, -0.05) is 0 Å². The largest absolute Gasteiger partial charge is 0.496 e. The van der Waals surface area contributed by atoms with Gasteiger partial charge in [-0.2, -0.15) is 5.10 Å². The first-order valence-electron chi connectivity index (χ1n) is 4.35. The predicted molar refractivity (Wildman–Crippen MR) is 62.7 cm³/mol. The second-order valence-corrected chi connectivity index (χ2v) is 3.90. The van der Waals surface area contributed by atoms with Crippen LogP contribution in [0, 0.1) is 0 Å². The molecule has 2 aromatic rings. The summed E-state index contributed by atoms with van der Waals surface area (Å²) in [4.78, 5) is 0. The van der Waals surface area contributed by atoms with Crippen molar-refractivity contribution in [3.05, 3.63) is 28.9 Å². The Labute approximate surface area is 95.6 Å². The summed E-state index contributed by atoms with van der Waals surface area (Å²) < 4.78 is 6.03. The fourth-order valence-electron chi connectivity index (χ4n) is 1.35. The molecule has 0 saturated heterocycles. The maximum Gasteiger partial charge on any atom is 0.133 e. The predicted octanol–water partition coefficient (Wildman–Crippen LogP) is 2.43. The number of hydrogen-bond donors (Lipinski definition) is 2. The van der Waals surface area contributed by atoms with E-state index in [0.717, 1.165) is 21.5 Å². The molecule has 0 radical (unpaired) electrons. The highest BCUT2D eigenvalue weighted by atomic mass is 79.9. The SMILES string of the molecule is COc1ccc(-c2[nH]ncc2N)cc1Br. The number of H-pyrrole nitrogens is 1. The molecule has 15 heavy (non-hydrogen) atoms. The molecule has 1 aromatic heterocycles. The van der Waals surface area contributed by atoms with Gasteiger partial charge in [-0.15, -0.1) is 0 Å². The highest BCUT2D eigenvalue weighted by Gasteiger charge is 2.07. The fourth-order valence-corrected chi connectivity index (χ4v) is 1.89. The number of nitrogens with one attached hydrogen (secondary N) is 1. The topological polar surface area (TPSA) is 63.9 Å². The van der Waals surface area contributed by atoms with Gasteiger partial charge in [0.2, 0.25) is 0 Å². The Morgan fingerprint density at radius 3 is 2.80 bits per heavy atom. The molecule has 1 aromatic carbocycles. The summed E-state index contributed by atoms with van der Waals surface area (Å²) >= 11 is 3.42. The van der Waals surface area contributed by atoms with Crippen LogP contribution in [-0.4, -0.2) is 17.3 Å². The van der Waals surface area contributed by atoms with Crippen molar-refractivity contribution in [1.29, 1.82) is 0 Å². The molecule has 78 valence electrons. The number of hydrogen-bond acceptors (Lipinski definition) is 3. The van der Waals surface area contributed by atoms with Crippen molar-refractivity contribution in [2.75, 3.05) is 12.8 Å². The van der Waals surface area contributed by atoms with E-state index >= 15 is 0 Å². The van der Waals surface area contributed by atoms with Crippen LogP contribution in [0.25, 0.3) is 11.3 Å². The second-order valence-electron chi connectivity index (χ2n) is 3.05. The third kappa shape index (κ3) is 1.83. The van der Waals surface area contributed by atoms with E-state index < -0.39 is 0 Å². The first-order valence-corrected chi connectivity index (χ1v) is 5.14. The summed E-state index contributed by atoms with van der Waals surface area (Å²) in [6.45, 7) is 0. The van der Waals surface area contributed by atoms with Crippen LogP contribution in [0.15, 0.2) is 28.9 Å². The van der Waals surface area contributed by atoms with Gasteiger partial charge >= 0.3 is 0 Å². The zero-order valence-electron chi connectivity index (χ0n) is 8.12. The molecule has 0 aliphatic carbocycles. The van der Waals surface area contributed by atoms with Crippen LogP contribution in [0.3, 0.4) is 0 Å². The number of nitrogens with two attached hydrogens (primary N) is 1. The van der Waals surface area contributed by atoms with Crippen molar-refractivity contribution in [1.82, 2.24) is 10.2 Å². The van der Waals surface area contributed by atoms with E-state index in [0.29, 0.717) is 5.69 Å². The maximum atomic E-state index is 5.75. The minimum absolute atomic E-state index is 0.632. The van der Waals surface area contributed by atoms with Crippen LogP contribution in [0.5, 0.6) is 5.75 Å². The van der Waals surface area contributed by atoms with Crippen molar-refractivity contribution in [3.8, 4) is 17.0 Å². The van der Waals surface area contributed by atoms with Crippen LogP contribution in [0.4, 0.5) is 5.69 Å². The van der Waals surface area contributed by atoms with Gasteiger partial charge in [0.05, 0.1) is 29.2 Å². The molecular formula is C10H10BrN3O. The number of benzene rings is 1. The number of halogens is 1. The Bertz CT molecular complexity index is 481. The van der Waals surface area contributed by atoms with Gasteiger partial charge in [0.25, 0.3) is 0 Å². The first kappa shape index (κ1) is 10.0. The molecule has 0 fully saturated rings. The zero-order chi connectivity index (χ0) is 10.8. The molecule has 0 amide bonds. The Kier molecular flexibility index (Phi) is 2.64. The van der Waals surface area contributed by atoms with Gasteiger partial charge in [-0.25, -0.2) is 0 Å². The van der Waals surface area contributed by atoms with Crippen LogP contribution in [0.1, 0.15) is 0 Å². The third-order valence-corrected chi connectivity index (χ3v) is 2.73. The average molecular weight is 268 g/mol. The number of nitrogen functional groups attached to an aromatic ring is 1. The lowest BCUT2D eigenvalue weighted by Crippen LogP contribution is -1.88. The molecule has 0 atom stereocenters. The standard InChI is InChI=1S/C10H10BrN3O/c1-15-9-3-2-6(4-7(9)11)10-8(12)5-13-14-10/h2-5H,12H2,1H3,(H,13,14). The molecule has 3 N–H and O–H groups in total. The summed E-state index contributed by atoms with van der Waals surface area (Å²) in [6, 6.07) is 5.73. The van der Waals surface area contributed by atoms with Gasteiger partial charge in [-0.05, 0) is 34.1 Å². The Hall–Kier alpha value is -1.49. The molecular weight excluding hydrogens is 258 g/mol. The lowest BCUT2D eigenvalue weighted by atomic mass is 10.1. The summed E-state index contributed by atoms with van der Waals surface area (Å²) in [6.07, 6.45) is 1.59. The minimum Gasteiger partial charge on any atom is -0.496 e. The van der Waals surface area contributed by atoms with Gasteiger partial charge < -0.3 is 10.5 Å². The molecule has 0 aliphatic heterocycles. The number of aromatic nitrogens is 2. The van der Waals surface area contributed by atoms with Crippen molar-refractivity contribution in [2.45, 2.75) is 0 Å². The molecule has 4 nitrogen and oxygen atoms in total. The smallest absolute Gasteiger partial charge is 0.133 e. The summed E-state index contributed by atoms with van der Waals surface area (Å²) in [7, 11) is 1.63. The molecule has 0 saturated carbocycles. The van der Waals surface area contributed by atoms with E-state index in [-0.39, 0.29) is 0 Å². The van der Waals surface area contributed by atoms with E-state index in [4.69, 9.17) is 10.5 Å². The molecule has 2 rings (SSSR count). The van der Waals surface area contributed by atoms with Gasteiger partial charge in [0, 0.05) is 5.56 Å². The lowest BCUT2D eigenvalue weighted by molar-refractivity contribution is 0.412. The van der Waals surface area contributed by atoms with E-state index in [1.807, 2.05) is 18.2 Å². The van der Waals surface area contributed by atoms with E-state index in [1.54, 1.807) is 13.3 Å². The summed E-state index contributed by atoms with van der Waals surface area (Å²) in [5.41, 5.74) is 8.17. The van der Waals surface area contributed by atoms with Gasteiger partial charge in [0.15, 0.2) is 0 Å². The number of nitrogens with zero attached hydrogens (tertiary/aromatic N) is 1. The molecule has 0 spiro atoms. The van der Waals surface area contributed by atoms with E-state index in [9.17, 15) is 0 Å². The summed E-state index contributed by atoms with van der Waals surface area (Å²) in [5.74, 6) is 0.789. The zero-order valence-corrected chi connectivity index (χ0v) is 9.71. The average Bonchev–Trinajstić information content (AvgIpc) is 2.64. The second kappa shape index (κ2) is 3.94. The first-order chi connectivity index (χ1) is 7.22. The van der Waals surface area contributed by atoms with Crippen molar-refractivity contribution < 1.29 is 4.74 Å². The Balaban J connectivity index is 2.47. The number of ether oxygens (including phenoxy) is 1. The number of methoxy groups -OCH3 is 1. The van der Waals surface area contributed by atoms with Crippen LogP contribution >= 0.6 is 15.9 Å². The van der Waals surface area contributed by atoms with Gasteiger partial charge in [-0.3, -0.25) is 5.10 Å². The number of rotatable bonds is 2. The third-order valence-electron chi connectivity index (χ3n) is 2.11. The molecule has 1 heterocycles. The number of anilines is 1. The van der Waals surface area contributed by atoms with Crippen molar-refractivity contribution in [3.63, 3.8) is 0 Å². The lowest BCUT2D eigenvalue weighted by Gasteiger charge is -2.05. The van der Waals surface area contributed by atoms with Crippen molar-refractivity contribution >= 4 is 21.6 Å². The van der Waals surface area contributed by atoms with Crippen molar-refractivity contribution in [2.24, 2.45) is 0 Å². The Morgan fingerprint density at radius 1 is 1.47 bits per heavy atom. The van der Waals surface area contributed by atoms with Gasteiger partial charge in [0.1, 0.15) is 5.75 Å². The highest BCUT2D eigenvalue weighted by Crippen LogP contribution is 2.31. The molecule has 0 unspecified atom stereocenters. The van der Waals surface area contributed by atoms with Crippen LogP contribution in [0.2, 0.25) is 0 Å². The quantitative estimate of drug-likeness (QED) is 0.879. The Morgan fingerprint density at radius 2 is 2.27 bits per heavy atom. The van der Waals surface area contributed by atoms with Crippen LogP contribution in [-0.2, 0) is 0 Å².